The van der Waals surface area contributed by atoms with E-state index in [-0.39, 0.29) is 17.2 Å². The van der Waals surface area contributed by atoms with E-state index in [0.29, 0.717) is 11.1 Å². The van der Waals surface area contributed by atoms with Crippen molar-refractivity contribution in [3.63, 3.8) is 0 Å². The maximum absolute atomic E-state index is 11.7. The van der Waals surface area contributed by atoms with E-state index in [1.807, 2.05) is 0 Å². The van der Waals surface area contributed by atoms with Crippen LogP contribution in [0, 0.1) is 0 Å². The molecule has 102 valence electrons. The van der Waals surface area contributed by atoms with Gasteiger partial charge >= 0.3 is 0 Å². The van der Waals surface area contributed by atoms with Gasteiger partial charge in [0.25, 0.3) is 5.91 Å². The molecular weight excluding hydrogens is 260 g/mol. The molecule has 0 radical (unpaired) electrons. The lowest BCUT2D eigenvalue weighted by Gasteiger charge is -2.00. The Balaban J connectivity index is 2.02. The van der Waals surface area contributed by atoms with Gasteiger partial charge in [-0.1, -0.05) is 0 Å². The summed E-state index contributed by atoms with van der Waals surface area (Å²) in [5.41, 5.74) is 3.08. The number of hydrogen-bond acceptors (Lipinski definition) is 5. The Labute approximate surface area is 114 Å². The summed E-state index contributed by atoms with van der Waals surface area (Å²) >= 11 is 0. The molecule has 6 nitrogen and oxygen atoms in total. The summed E-state index contributed by atoms with van der Waals surface area (Å²) in [5.74, 6) is -0.571. The molecule has 0 unspecified atom stereocenters. The average Bonchev–Trinajstić information content (AvgIpc) is 2.38. The van der Waals surface area contributed by atoms with Crippen LogP contribution in [-0.2, 0) is 0 Å². The molecule has 1 amide bonds. The minimum absolute atomic E-state index is 0.0697. The van der Waals surface area contributed by atoms with E-state index in [0.717, 1.165) is 0 Å². The van der Waals surface area contributed by atoms with E-state index in [1.165, 1.54) is 48.7 Å². The number of nitrogens with one attached hydrogen (secondary N) is 1. The minimum Gasteiger partial charge on any atom is -0.508 e. The van der Waals surface area contributed by atoms with Crippen molar-refractivity contribution in [1.82, 2.24) is 5.43 Å². The Morgan fingerprint density at radius 3 is 2.15 bits per heavy atom. The van der Waals surface area contributed by atoms with Crippen molar-refractivity contribution in [3.05, 3.63) is 53.6 Å². The van der Waals surface area contributed by atoms with E-state index in [9.17, 15) is 15.0 Å². The summed E-state index contributed by atoms with van der Waals surface area (Å²) in [7, 11) is 0. The minimum atomic E-state index is -0.439. The highest BCUT2D eigenvalue weighted by molar-refractivity contribution is 5.95. The second-order valence-electron chi connectivity index (χ2n) is 4.03. The molecule has 2 aromatic rings. The molecule has 0 saturated carbocycles. The van der Waals surface area contributed by atoms with Crippen LogP contribution >= 0.6 is 0 Å². The lowest BCUT2D eigenvalue weighted by molar-refractivity contribution is 0.0955. The number of aromatic hydroxyl groups is 3. The Morgan fingerprint density at radius 2 is 1.55 bits per heavy atom. The van der Waals surface area contributed by atoms with Gasteiger partial charge < -0.3 is 15.3 Å². The van der Waals surface area contributed by atoms with Crippen LogP contribution in [0.2, 0.25) is 0 Å². The zero-order valence-electron chi connectivity index (χ0n) is 10.3. The lowest BCUT2D eigenvalue weighted by atomic mass is 10.2. The van der Waals surface area contributed by atoms with Crippen molar-refractivity contribution in [2.24, 2.45) is 5.10 Å². The molecule has 0 atom stereocenters. The fraction of sp³-hybridized carbons (Fsp3) is 0. The van der Waals surface area contributed by atoms with Gasteiger partial charge in [0.1, 0.15) is 17.2 Å². The number of carbonyl (C=O) groups is 1. The van der Waals surface area contributed by atoms with Gasteiger partial charge in [-0.15, -0.1) is 0 Å². The zero-order chi connectivity index (χ0) is 14.5. The fourth-order valence-corrected chi connectivity index (χ4v) is 1.54. The highest BCUT2D eigenvalue weighted by Gasteiger charge is 2.03. The van der Waals surface area contributed by atoms with E-state index < -0.39 is 5.91 Å². The van der Waals surface area contributed by atoms with Crippen molar-refractivity contribution in [3.8, 4) is 17.2 Å². The van der Waals surface area contributed by atoms with Crippen molar-refractivity contribution >= 4 is 12.1 Å². The van der Waals surface area contributed by atoms with Crippen LogP contribution in [0.3, 0.4) is 0 Å². The predicted octanol–water partition coefficient (Wildman–Crippen LogP) is 1.57. The summed E-state index contributed by atoms with van der Waals surface area (Å²) < 4.78 is 0. The summed E-state index contributed by atoms with van der Waals surface area (Å²) in [6.45, 7) is 0. The molecule has 2 aromatic carbocycles. The van der Waals surface area contributed by atoms with E-state index >= 15 is 0 Å². The fourth-order valence-electron chi connectivity index (χ4n) is 1.54. The van der Waals surface area contributed by atoms with Crippen LogP contribution in [0.25, 0.3) is 0 Å². The van der Waals surface area contributed by atoms with Crippen LogP contribution in [0.5, 0.6) is 17.2 Å². The molecule has 0 bridgehead atoms. The van der Waals surface area contributed by atoms with Gasteiger partial charge in [0.05, 0.1) is 6.21 Å². The Morgan fingerprint density at radius 1 is 0.950 bits per heavy atom. The molecule has 0 aromatic heterocycles. The summed E-state index contributed by atoms with van der Waals surface area (Å²) in [6.07, 6.45) is 1.29. The smallest absolute Gasteiger partial charge is 0.271 e. The third kappa shape index (κ3) is 3.49. The van der Waals surface area contributed by atoms with Gasteiger partial charge in [-0.3, -0.25) is 4.79 Å². The molecule has 20 heavy (non-hydrogen) atoms. The number of phenolic OH excluding ortho intramolecular Hbond substituents is 3. The number of carbonyl (C=O) groups excluding carboxylic acids is 1. The Kier molecular flexibility index (Phi) is 3.85. The van der Waals surface area contributed by atoms with Gasteiger partial charge in [-0.2, -0.15) is 5.10 Å². The highest BCUT2D eigenvalue weighted by Crippen LogP contribution is 2.19. The van der Waals surface area contributed by atoms with Crippen LogP contribution in [0.4, 0.5) is 0 Å². The molecule has 0 aliphatic heterocycles. The SMILES string of the molecule is O=C(N/N=C\c1cc(O)cc(O)c1)c1ccc(O)cc1. The number of nitrogens with zero attached hydrogens (tertiary/aromatic N) is 1. The number of amides is 1. The number of phenols is 3. The van der Waals surface area contributed by atoms with Crippen LogP contribution < -0.4 is 5.43 Å². The monoisotopic (exact) mass is 272 g/mol. The Bertz CT molecular complexity index is 630. The summed E-state index contributed by atoms with van der Waals surface area (Å²) in [6, 6.07) is 9.66. The van der Waals surface area contributed by atoms with Crippen molar-refractivity contribution in [1.29, 1.82) is 0 Å². The highest BCUT2D eigenvalue weighted by atomic mass is 16.3. The normalized spacial score (nSPS) is 10.6. The van der Waals surface area contributed by atoms with Gasteiger partial charge in [-0.25, -0.2) is 5.43 Å². The molecule has 0 saturated heterocycles. The second kappa shape index (κ2) is 5.75. The van der Waals surface area contributed by atoms with E-state index in [2.05, 4.69) is 10.5 Å². The lowest BCUT2D eigenvalue weighted by Crippen LogP contribution is -2.17. The topological polar surface area (TPSA) is 102 Å². The predicted molar refractivity (Wildman–Crippen MR) is 72.9 cm³/mol. The first-order valence-corrected chi connectivity index (χ1v) is 5.70. The van der Waals surface area contributed by atoms with E-state index in [1.54, 1.807) is 0 Å². The molecule has 0 aliphatic rings. The average molecular weight is 272 g/mol. The maximum atomic E-state index is 11.7. The first-order chi connectivity index (χ1) is 9.54. The van der Waals surface area contributed by atoms with Crippen LogP contribution in [-0.4, -0.2) is 27.4 Å². The van der Waals surface area contributed by atoms with Gasteiger partial charge in [0, 0.05) is 17.2 Å². The maximum Gasteiger partial charge on any atom is 0.271 e. The van der Waals surface area contributed by atoms with Gasteiger partial charge in [0.15, 0.2) is 0 Å². The van der Waals surface area contributed by atoms with Gasteiger partial charge in [0.2, 0.25) is 0 Å². The third-order valence-corrected chi connectivity index (χ3v) is 2.43. The quantitative estimate of drug-likeness (QED) is 0.503. The molecule has 0 heterocycles. The van der Waals surface area contributed by atoms with Gasteiger partial charge in [-0.05, 0) is 36.4 Å². The van der Waals surface area contributed by atoms with Crippen LogP contribution in [0.15, 0.2) is 47.6 Å². The summed E-state index contributed by atoms with van der Waals surface area (Å²) in [4.78, 5) is 11.7. The number of hydrogen-bond donors (Lipinski definition) is 4. The zero-order valence-corrected chi connectivity index (χ0v) is 10.3. The molecule has 0 spiro atoms. The molecule has 2 rings (SSSR count). The molecule has 0 fully saturated rings. The van der Waals surface area contributed by atoms with Crippen LogP contribution in [0.1, 0.15) is 15.9 Å². The summed E-state index contributed by atoms with van der Waals surface area (Å²) in [5, 5.41) is 31.4. The van der Waals surface area contributed by atoms with Crippen molar-refractivity contribution in [2.45, 2.75) is 0 Å². The molecular formula is C14H12N2O4. The molecule has 4 N–H and O–H groups in total. The third-order valence-electron chi connectivity index (χ3n) is 2.43. The molecule has 0 aliphatic carbocycles. The number of rotatable bonds is 3. The standard InChI is InChI=1S/C14H12N2O4/c17-11-3-1-10(2-4-11)14(20)16-15-8-9-5-12(18)7-13(19)6-9/h1-8,17-19H,(H,16,20)/b15-8-. The first-order valence-electron chi connectivity index (χ1n) is 5.70. The molecule has 6 heteroatoms. The number of benzene rings is 2. The van der Waals surface area contributed by atoms with E-state index in [4.69, 9.17) is 5.11 Å². The van der Waals surface area contributed by atoms with Crippen molar-refractivity contribution < 1.29 is 20.1 Å². The largest absolute Gasteiger partial charge is 0.508 e. The first kappa shape index (κ1) is 13.4. The van der Waals surface area contributed by atoms with Crippen molar-refractivity contribution in [2.75, 3.05) is 0 Å². The number of hydrazone groups is 1. The Hall–Kier alpha value is -3.02. The second-order valence-corrected chi connectivity index (χ2v) is 4.03.